The summed E-state index contributed by atoms with van der Waals surface area (Å²) in [5.74, 6) is -0.101. The van der Waals surface area contributed by atoms with Crippen molar-refractivity contribution in [3.63, 3.8) is 0 Å². The van der Waals surface area contributed by atoms with Gasteiger partial charge in [0.2, 0.25) is 5.82 Å². The molecule has 4 nitrogen and oxygen atoms in total. The second-order valence-electron chi connectivity index (χ2n) is 2.33. The molecule has 0 atom stereocenters. The summed E-state index contributed by atoms with van der Waals surface area (Å²) in [6.45, 7) is 0. The molecular formula is C8H4N3O-. The van der Waals surface area contributed by atoms with Crippen LogP contribution in [0.1, 0.15) is 5.82 Å². The number of rotatable bonds is 0. The third kappa shape index (κ3) is 0.736. The van der Waals surface area contributed by atoms with Gasteiger partial charge in [0, 0.05) is 0 Å². The molecule has 58 valence electrons. The Balaban J connectivity index is 2.90. The highest BCUT2D eigenvalue weighted by Crippen LogP contribution is 2.13. The number of para-hydroxylation sites is 2. The van der Waals surface area contributed by atoms with Gasteiger partial charge in [0.15, 0.2) is 0 Å². The fourth-order valence-electron chi connectivity index (χ4n) is 1.07. The molecule has 4 heteroatoms. The van der Waals surface area contributed by atoms with Gasteiger partial charge in [-0.05, 0) is 12.1 Å². The molecule has 2 rings (SSSR count). The van der Waals surface area contributed by atoms with Crippen molar-refractivity contribution in [2.24, 2.45) is 0 Å². The fourth-order valence-corrected chi connectivity index (χ4v) is 1.07. The van der Waals surface area contributed by atoms with Gasteiger partial charge >= 0.3 is 0 Å². The molecule has 0 aliphatic carbocycles. The van der Waals surface area contributed by atoms with Gasteiger partial charge in [-0.15, -0.1) is 0 Å². The Morgan fingerprint density at radius 2 is 2.17 bits per heavy atom. The molecule has 0 aliphatic rings. The molecule has 1 heterocycles. The van der Waals surface area contributed by atoms with E-state index >= 15 is 0 Å². The lowest BCUT2D eigenvalue weighted by atomic mass is 10.3. The van der Waals surface area contributed by atoms with E-state index in [2.05, 4.69) is 4.98 Å². The first-order valence-corrected chi connectivity index (χ1v) is 3.38. The Morgan fingerprint density at radius 1 is 1.42 bits per heavy atom. The third-order valence-corrected chi connectivity index (χ3v) is 1.62. The number of imidazole rings is 1. The summed E-state index contributed by atoms with van der Waals surface area (Å²) >= 11 is 0. The number of hydrogen-bond acceptors (Lipinski definition) is 3. The smallest absolute Gasteiger partial charge is 0.209 e. The van der Waals surface area contributed by atoms with E-state index in [4.69, 9.17) is 5.26 Å². The zero-order valence-corrected chi connectivity index (χ0v) is 6.06. The van der Waals surface area contributed by atoms with Crippen molar-refractivity contribution in [2.45, 2.75) is 0 Å². The number of benzene rings is 1. The third-order valence-electron chi connectivity index (χ3n) is 1.62. The second-order valence-corrected chi connectivity index (χ2v) is 2.33. The molecular weight excluding hydrogens is 154 g/mol. The van der Waals surface area contributed by atoms with Gasteiger partial charge in [-0.2, -0.15) is 5.26 Å². The minimum atomic E-state index is -0.101. The van der Waals surface area contributed by atoms with Gasteiger partial charge in [-0.25, -0.2) is 4.98 Å². The number of nitrogens with zero attached hydrogens (tertiary/aromatic N) is 3. The van der Waals surface area contributed by atoms with E-state index in [-0.39, 0.29) is 5.82 Å². The number of nitriles is 1. The first-order valence-electron chi connectivity index (χ1n) is 3.38. The van der Waals surface area contributed by atoms with Crippen LogP contribution in [0, 0.1) is 16.5 Å². The van der Waals surface area contributed by atoms with Crippen LogP contribution in [0.25, 0.3) is 11.0 Å². The van der Waals surface area contributed by atoms with Crippen molar-refractivity contribution in [2.75, 3.05) is 0 Å². The predicted octanol–water partition coefficient (Wildman–Crippen LogP) is 1.25. The maximum atomic E-state index is 11.2. The largest absolute Gasteiger partial charge is 0.804 e. The van der Waals surface area contributed by atoms with Gasteiger partial charge in [0.1, 0.15) is 6.07 Å². The summed E-state index contributed by atoms with van der Waals surface area (Å²) in [5, 5.41) is 19.7. The van der Waals surface area contributed by atoms with Crippen LogP contribution in [-0.2, 0) is 0 Å². The molecule has 0 saturated heterocycles. The van der Waals surface area contributed by atoms with Crippen molar-refractivity contribution in [3.8, 4) is 6.07 Å². The molecule has 0 radical (unpaired) electrons. The Morgan fingerprint density at radius 3 is 2.83 bits per heavy atom. The molecule has 12 heavy (non-hydrogen) atoms. The zero-order valence-electron chi connectivity index (χ0n) is 6.06. The van der Waals surface area contributed by atoms with Crippen LogP contribution in [0.2, 0.25) is 0 Å². The summed E-state index contributed by atoms with van der Waals surface area (Å²) in [4.78, 5) is 3.82. The minimum Gasteiger partial charge on any atom is -0.804 e. The minimum absolute atomic E-state index is 0.101. The molecule has 0 aliphatic heterocycles. The molecule has 0 saturated carbocycles. The predicted molar refractivity (Wildman–Crippen MR) is 43.2 cm³/mol. The van der Waals surface area contributed by atoms with Crippen LogP contribution in [0.15, 0.2) is 24.3 Å². The molecule has 0 amide bonds. The van der Waals surface area contributed by atoms with E-state index in [1.807, 2.05) is 0 Å². The molecule has 0 bridgehead atoms. The van der Waals surface area contributed by atoms with E-state index in [0.717, 1.165) is 0 Å². The van der Waals surface area contributed by atoms with Crippen LogP contribution in [-0.4, -0.2) is 9.71 Å². The summed E-state index contributed by atoms with van der Waals surface area (Å²) in [6, 6.07) is 8.57. The summed E-state index contributed by atoms with van der Waals surface area (Å²) < 4.78 is 0.537. The van der Waals surface area contributed by atoms with Crippen molar-refractivity contribution in [1.82, 2.24) is 9.71 Å². The van der Waals surface area contributed by atoms with Gasteiger partial charge < -0.3 is 9.94 Å². The second kappa shape index (κ2) is 2.24. The van der Waals surface area contributed by atoms with E-state index in [9.17, 15) is 5.21 Å². The van der Waals surface area contributed by atoms with Gasteiger partial charge in [0.05, 0.1) is 11.0 Å². The van der Waals surface area contributed by atoms with Crippen LogP contribution < -0.4 is 0 Å². The van der Waals surface area contributed by atoms with Gasteiger partial charge in [-0.3, -0.25) is 0 Å². The fraction of sp³-hybridized carbons (Fsp3) is 0. The number of hydrogen-bond donors (Lipinski definition) is 0. The maximum Gasteiger partial charge on any atom is 0.209 e. The molecule has 0 fully saturated rings. The average Bonchev–Trinajstić information content (AvgIpc) is 2.44. The van der Waals surface area contributed by atoms with Crippen molar-refractivity contribution in [1.29, 1.82) is 5.26 Å². The quantitative estimate of drug-likeness (QED) is 0.579. The molecule has 2 aromatic rings. The first-order chi connectivity index (χ1) is 5.83. The number of fused-ring (bicyclic) bond motifs is 1. The maximum absolute atomic E-state index is 11.2. The van der Waals surface area contributed by atoms with Crippen LogP contribution in [0.4, 0.5) is 0 Å². The van der Waals surface area contributed by atoms with E-state index < -0.39 is 0 Å². The summed E-state index contributed by atoms with van der Waals surface area (Å²) in [6.07, 6.45) is 0. The Labute approximate surface area is 68.3 Å². The topological polar surface area (TPSA) is 64.7 Å². The summed E-state index contributed by atoms with van der Waals surface area (Å²) in [5.41, 5.74) is 0.998. The Kier molecular flexibility index (Phi) is 1.25. The lowest BCUT2D eigenvalue weighted by Crippen LogP contribution is -1.88. The molecule has 0 N–H and O–H groups in total. The highest BCUT2D eigenvalue weighted by atomic mass is 16.5. The molecule has 1 aromatic carbocycles. The lowest BCUT2D eigenvalue weighted by Gasteiger charge is -2.06. The highest BCUT2D eigenvalue weighted by Gasteiger charge is 2.01. The van der Waals surface area contributed by atoms with Crippen molar-refractivity contribution < 1.29 is 0 Å². The van der Waals surface area contributed by atoms with E-state index in [0.29, 0.717) is 15.8 Å². The van der Waals surface area contributed by atoms with Gasteiger partial charge in [-0.1, -0.05) is 12.1 Å². The SMILES string of the molecule is N#Cc1nc2ccccc2n1[O-]. The Bertz CT molecular complexity index is 467. The lowest BCUT2D eigenvalue weighted by molar-refractivity contribution is 1.07. The molecule has 0 unspecified atom stereocenters. The molecule has 0 spiro atoms. The Hall–Kier alpha value is -2.02. The van der Waals surface area contributed by atoms with Crippen LogP contribution in [0.5, 0.6) is 0 Å². The van der Waals surface area contributed by atoms with Crippen molar-refractivity contribution >= 4 is 11.0 Å². The molecule has 1 aromatic heterocycles. The zero-order chi connectivity index (χ0) is 8.55. The highest BCUT2D eigenvalue weighted by molar-refractivity contribution is 5.76. The average molecular weight is 158 g/mol. The monoisotopic (exact) mass is 158 g/mol. The number of aromatic nitrogens is 2. The summed E-state index contributed by atoms with van der Waals surface area (Å²) in [7, 11) is 0. The van der Waals surface area contributed by atoms with Crippen molar-refractivity contribution in [3.05, 3.63) is 35.3 Å². The van der Waals surface area contributed by atoms with E-state index in [1.54, 1.807) is 30.3 Å². The van der Waals surface area contributed by atoms with Crippen LogP contribution >= 0.6 is 0 Å². The van der Waals surface area contributed by atoms with Crippen LogP contribution in [0.3, 0.4) is 0 Å². The standard InChI is InChI=1S/C8H4N3O/c9-5-8-10-6-3-1-2-4-7(6)11(8)12/h1-4H/q-1. The normalized spacial score (nSPS) is 9.92. The first kappa shape index (κ1) is 6.68. The van der Waals surface area contributed by atoms with Gasteiger partial charge in [0.25, 0.3) is 0 Å². The van der Waals surface area contributed by atoms with E-state index in [1.165, 1.54) is 0 Å².